The van der Waals surface area contributed by atoms with E-state index in [1.54, 1.807) is 11.9 Å². The highest BCUT2D eigenvalue weighted by molar-refractivity contribution is 8.00. The first-order chi connectivity index (χ1) is 12.6. The summed E-state index contributed by atoms with van der Waals surface area (Å²) in [5.41, 5.74) is 1.75. The van der Waals surface area contributed by atoms with Gasteiger partial charge in [0.05, 0.1) is 10.8 Å². The fourth-order valence-electron chi connectivity index (χ4n) is 2.67. The molecule has 1 atom stereocenters. The molecule has 0 saturated carbocycles. The molecule has 26 heavy (non-hydrogen) atoms. The Hall–Kier alpha value is -2.60. The minimum Gasteiger partial charge on any atom is -0.370 e. The van der Waals surface area contributed by atoms with E-state index in [1.807, 2.05) is 68.4 Å². The molecule has 3 rings (SSSR count). The third-order valence-electron chi connectivity index (χ3n) is 4.03. The third kappa shape index (κ3) is 3.96. The molecule has 3 aromatic rings. The van der Waals surface area contributed by atoms with Gasteiger partial charge >= 0.3 is 0 Å². The van der Waals surface area contributed by atoms with E-state index in [0.29, 0.717) is 5.16 Å². The molecule has 2 aromatic carbocycles. The Bertz CT molecular complexity index is 901. The molecule has 0 aliphatic rings. The molecule has 0 aliphatic heterocycles. The van der Waals surface area contributed by atoms with Crippen molar-refractivity contribution >= 4 is 40.1 Å². The summed E-state index contributed by atoms with van der Waals surface area (Å²) in [5.74, 6) is 0.819. The van der Waals surface area contributed by atoms with Crippen molar-refractivity contribution < 1.29 is 4.79 Å². The maximum atomic E-state index is 12.8. The van der Waals surface area contributed by atoms with Crippen LogP contribution in [-0.4, -0.2) is 34.7 Å². The molecule has 0 spiro atoms. The van der Waals surface area contributed by atoms with Gasteiger partial charge in [-0.3, -0.25) is 4.79 Å². The summed E-state index contributed by atoms with van der Waals surface area (Å²) in [6.07, 6.45) is 0. The molecule has 1 N–H and O–H groups in total. The molecule has 0 fully saturated rings. The monoisotopic (exact) mass is 366 g/mol. The number of hydrogen-bond acceptors (Lipinski definition) is 5. The lowest BCUT2D eigenvalue weighted by molar-refractivity contribution is -0.117. The summed E-state index contributed by atoms with van der Waals surface area (Å²) >= 11 is 1.38. The quantitative estimate of drug-likeness (QED) is 0.523. The Morgan fingerprint density at radius 2 is 1.81 bits per heavy atom. The first kappa shape index (κ1) is 18.2. The number of carbonyl (C=O) groups excluding carboxylic acids is 1. The molecule has 0 bridgehead atoms. The van der Waals surface area contributed by atoms with E-state index in [9.17, 15) is 4.79 Å². The molecule has 5 nitrogen and oxygen atoms in total. The zero-order valence-corrected chi connectivity index (χ0v) is 16.0. The molecular weight excluding hydrogens is 344 g/mol. The molecule has 1 heterocycles. The zero-order chi connectivity index (χ0) is 18.5. The predicted octanol–water partition coefficient (Wildman–Crippen LogP) is 4.21. The number of fused-ring (bicyclic) bond motifs is 1. The maximum Gasteiger partial charge on any atom is 0.240 e. The SMILES string of the molecule is CCNc1nc(SC(C)C(=O)N(C)c2ccccc2)nc2ccccc12. The zero-order valence-electron chi connectivity index (χ0n) is 15.1. The highest BCUT2D eigenvalue weighted by Crippen LogP contribution is 2.28. The predicted molar refractivity (Wildman–Crippen MR) is 109 cm³/mol. The summed E-state index contributed by atoms with van der Waals surface area (Å²) in [6.45, 7) is 4.69. The van der Waals surface area contributed by atoms with Crippen LogP contribution in [0, 0.1) is 0 Å². The van der Waals surface area contributed by atoms with Gasteiger partial charge in [-0.05, 0) is 38.1 Å². The highest BCUT2D eigenvalue weighted by Gasteiger charge is 2.21. The van der Waals surface area contributed by atoms with Crippen LogP contribution in [0.3, 0.4) is 0 Å². The number of thioether (sulfide) groups is 1. The van der Waals surface area contributed by atoms with Gasteiger partial charge in [0, 0.05) is 24.7 Å². The fourth-order valence-corrected chi connectivity index (χ4v) is 3.54. The smallest absolute Gasteiger partial charge is 0.240 e. The van der Waals surface area contributed by atoms with Crippen molar-refractivity contribution in [1.29, 1.82) is 0 Å². The number of nitrogens with one attached hydrogen (secondary N) is 1. The van der Waals surface area contributed by atoms with E-state index in [4.69, 9.17) is 0 Å². The lowest BCUT2D eigenvalue weighted by atomic mass is 10.2. The van der Waals surface area contributed by atoms with Crippen LogP contribution < -0.4 is 10.2 Å². The summed E-state index contributed by atoms with van der Waals surface area (Å²) in [5, 5.41) is 4.57. The summed E-state index contributed by atoms with van der Waals surface area (Å²) in [6, 6.07) is 17.5. The van der Waals surface area contributed by atoms with Crippen LogP contribution >= 0.6 is 11.8 Å². The van der Waals surface area contributed by atoms with Gasteiger partial charge in [0.2, 0.25) is 5.91 Å². The topological polar surface area (TPSA) is 58.1 Å². The van der Waals surface area contributed by atoms with Crippen LogP contribution in [0.15, 0.2) is 59.8 Å². The summed E-state index contributed by atoms with van der Waals surface area (Å²) in [7, 11) is 1.79. The third-order valence-corrected chi connectivity index (χ3v) is 4.98. The van der Waals surface area contributed by atoms with Crippen molar-refractivity contribution in [3.63, 3.8) is 0 Å². The van der Waals surface area contributed by atoms with Gasteiger partial charge < -0.3 is 10.2 Å². The molecular formula is C20H22N4OS. The number of rotatable bonds is 6. The standard InChI is InChI=1S/C20H22N4OS/c1-4-21-18-16-12-8-9-13-17(16)22-20(23-18)26-14(2)19(25)24(3)15-10-6-5-7-11-15/h5-14H,4H2,1-3H3,(H,21,22,23). The number of anilines is 2. The minimum atomic E-state index is -0.296. The number of amides is 1. The second-order valence-electron chi connectivity index (χ2n) is 5.90. The maximum absolute atomic E-state index is 12.8. The molecule has 134 valence electrons. The van der Waals surface area contributed by atoms with Gasteiger partial charge in [0.15, 0.2) is 5.16 Å². The summed E-state index contributed by atoms with van der Waals surface area (Å²) < 4.78 is 0. The van der Waals surface area contributed by atoms with Crippen molar-refractivity contribution in [3.05, 3.63) is 54.6 Å². The van der Waals surface area contributed by atoms with Crippen molar-refractivity contribution in [3.8, 4) is 0 Å². The Labute approximate surface area is 157 Å². The van der Waals surface area contributed by atoms with E-state index < -0.39 is 0 Å². The van der Waals surface area contributed by atoms with E-state index in [2.05, 4.69) is 15.3 Å². The lowest BCUT2D eigenvalue weighted by Crippen LogP contribution is -2.33. The van der Waals surface area contributed by atoms with Gasteiger partial charge in [-0.25, -0.2) is 9.97 Å². The van der Waals surface area contributed by atoms with E-state index in [1.165, 1.54) is 11.8 Å². The molecule has 6 heteroatoms. The highest BCUT2D eigenvalue weighted by atomic mass is 32.2. The van der Waals surface area contributed by atoms with E-state index in [-0.39, 0.29) is 11.2 Å². The number of hydrogen-bond donors (Lipinski definition) is 1. The second-order valence-corrected chi connectivity index (χ2v) is 7.20. The van der Waals surface area contributed by atoms with Crippen molar-refractivity contribution in [2.75, 3.05) is 23.8 Å². The first-order valence-corrected chi connectivity index (χ1v) is 9.48. The molecule has 1 unspecified atom stereocenters. The van der Waals surface area contributed by atoms with Crippen LogP contribution in [-0.2, 0) is 4.79 Å². The van der Waals surface area contributed by atoms with E-state index >= 15 is 0 Å². The van der Waals surface area contributed by atoms with Crippen molar-refractivity contribution in [1.82, 2.24) is 9.97 Å². The van der Waals surface area contributed by atoms with Crippen LogP contribution in [0.25, 0.3) is 10.9 Å². The van der Waals surface area contributed by atoms with E-state index in [0.717, 1.165) is 29.0 Å². The van der Waals surface area contributed by atoms with Gasteiger partial charge in [-0.15, -0.1) is 0 Å². The van der Waals surface area contributed by atoms with Gasteiger partial charge in [-0.2, -0.15) is 0 Å². The van der Waals surface area contributed by atoms with Crippen molar-refractivity contribution in [2.24, 2.45) is 0 Å². The van der Waals surface area contributed by atoms with Gasteiger partial charge in [0.25, 0.3) is 0 Å². The Morgan fingerprint density at radius 3 is 2.54 bits per heavy atom. The summed E-state index contributed by atoms with van der Waals surface area (Å²) in [4.78, 5) is 23.7. The van der Waals surface area contributed by atoms with Crippen LogP contribution in [0.2, 0.25) is 0 Å². The number of nitrogens with zero attached hydrogens (tertiary/aromatic N) is 3. The normalized spacial score (nSPS) is 12.0. The number of benzene rings is 2. The minimum absolute atomic E-state index is 0.0166. The Balaban J connectivity index is 1.82. The average Bonchev–Trinajstić information content (AvgIpc) is 2.67. The van der Waals surface area contributed by atoms with Crippen LogP contribution in [0.1, 0.15) is 13.8 Å². The first-order valence-electron chi connectivity index (χ1n) is 8.60. The number of carbonyl (C=O) groups is 1. The second kappa shape index (κ2) is 8.19. The largest absolute Gasteiger partial charge is 0.370 e. The number of para-hydroxylation sites is 2. The lowest BCUT2D eigenvalue weighted by Gasteiger charge is -2.21. The molecule has 0 aliphatic carbocycles. The molecule has 0 saturated heterocycles. The number of aromatic nitrogens is 2. The van der Waals surface area contributed by atoms with Crippen LogP contribution in [0.4, 0.5) is 11.5 Å². The van der Waals surface area contributed by atoms with Gasteiger partial charge in [0.1, 0.15) is 5.82 Å². The molecule has 1 amide bonds. The Kier molecular flexibility index (Phi) is 5.73. The van der Waals surface area contributed by atoms with Gasteiger partial charge in [-0.1, -0.05) is 42.1 Å². The van der Waals surface area contributed by atoms with Crippen molar-refractivity contribution in [2.45, 2.75) is 24.3 Å². The fraction of sp³-hybridized carbons (Fsp3) is 0.250. The molecule has 0 radical (unpaired) electrons. The van der Waals surface area contributed by atoms with Crippen LogP contribution in [0.5, 0.6) is 0 Å². The Morgan fingerprint density at radius 1 is 1.12 bits per heavy atom. The average molecular weight is 366 g/mol. The molecule has 1 aromatic heterocycles.